The topological polar surface area (TPSA) is 83.0 Å². The molecule has 0 aromatic carbocycles. The van der Waals surface area contributed by atoms with Crippen molar-refractivity contribution in [1.82, 2.24) is 9.88 Å². The number of hydrogen-bond donors (Lipinski definition) is 1. The minimum absolute atomic E-state index is 0.0779. The standard InChI is InChI=1S/C14H18N4O/c15-6-2-8-18(10-12-3-1-7-17-9-12)13(19)14(11-16)4-5-14/h1,3,7,9H,2,4-5,8,10-11,16H2. The Morgan fingerprint density at radius 3 is 2.89 bits per heavy atom. The molecule has 0 radical (unpaired) electrons. The Balaban J connectivity index is 2.08. The van der Waals surface area contributed by atoms with Crippen LogP contribution in [0.1, 0.15) is 24.8 Å². The molecule has 1 aliphatic rings. The highest BCUT2D eigenvalue weighted by Crippen LogP contribution is 2.46. The summed E-state index contributed by atoms with van der Waals surface area (Å²) in [7, 11) is 0. The largest absolute Gasteiger partial charge is 0.337 e. The molecule has 0 unspecified atom stereocenters. The fourth-order valence-corrected chi connectivity index (χ4v) is 2.14. The summed E-state index contributed by atoms with van der Waals surface area (Å²) >= 11 is 0. The molecule has 19 heavy (non-hydrogen) atoms. The number of nitrogens with zero attached hydrogens (tertiary/aromatic N) is 3. The molecule has 5 heteroatoms. The molecule has 0 aliphatic heterocycles. The molecule has 2 rings (SSSR count). The smallest absolute Gasteiger partial charge is 0.230 e. The lowest BCUT2D eigenvalue weighted by molar-refractivity contribution is -0.137. The number of rotatable bonds is 6. The van der Waals surface area contributed by atoms with Crippen molar-refractivity contribution in [3.8, 4) is 6.07 Å². The van der Waals surface area contributed by atoms with Crippen LogP contribution >= 0.6 is 0 Å². The quantitative estimate of drug-likeness (QED) is 0.827. The molecule has 1 heterocycles. The number of nitriles is 1. The van der Waals surface area contributed by atoms with Crippen molar-refractivity contribution >= 4 is 5.91 Å². The van der Waals surface area contributed by atoms with Crippen molar-refractivity contribution < 1.29 is 4.79 Å². The van der Waals surface area contributed by atoms with E-state index in [4.69, 9.17) is 11.0 Å². The van der Waals surface area contributed by atoms with Gasteiger partial charge in [-0.3, -0.25) is 9.78 Å². The number of amides is 1. The van der Waals surface area contributed by atoms with Gasteiger partial charge in [0, 0.05) is 32.0 Å². The van der Waals surface area contributed by atoms with E-state index in [0.29, 0.717) is 26.1 Å². The highest BCUT2D eigenvalue weighted by molar-refractivity contribution is 5.85. The normalized spacial score (nSPS) is 15.6. The third-order valence-corrected chi connectivity index (χ3v) is 3.57. The third kappa shape index (κ3) is 3.09. The lowest BCUT2D eigenvalue weighted by Gasteiger charge is -2.26. The number of carbonyl (C=O) groups is 1. The van der Waals surface area contributed by atoms with Gasteiger partial charge in [-0.25, -0.2) is 0 Å². The van der Waals surface area contributed by atoms with E-state index in [1.165, 1.54) is 0 Å². The van der Waals surface area contributed by atoms with Crippen LogP contribution in [0.3, 0.4) is 0 Å². The van der Waals surface area contributed by atoms with Gasteiger partial charge in [-0.15, -0.1) is 0 Å². The van der Waals surface area contributed by atoms with E-state index in [-0.39, 0.29) is 11.3 Å². The molecule has 1 aromatic rings. The minimum atomic E-state index is -0.363. The summed E-state index contributed by atoms with van der Waals surface area (Å²) in [6, 6.07) is 5.87. The van der Waals surface area contributed by atoms with Gasteiger partial charge in [-0.05, 0) is 24.5 Å². The molecule has 1 aliphatic carbocycles. The molecule has 2 N–H and O–H groups in total. The van der Waals surface area contributed by atoms with Gasteiger partial charge < -0.3 is 10.6 Å². The molecule has 100 valence electrons. The second-order valence-electron chi connectivity index (χ2n) is 4.98. The molecule has 0 atom stereocenters. The molecular formula is C14H18N4O. The zero-order valence-corrected chi connectivity index (χ0v) is 10.9. The molecule has 0 spiro atoms. The van der Waals surface area contributed by atoms with Crippen molar-refractivity contribution in [3.05, 3.63) is 30.1 Å². The Kier molecular flexibility index (Phi) is 4.13. The number of hydrogen-bond acceptors (Lipinski definition) is 4. The Bertz CT molecular complexity index is 476. The maximum Gasteiger partial charge on any atom is 0.230 e. The summed E-state index contributed by atoms with van der Waals surface area (Å²) in [5.41, 5.74) is 6.31. The Morgan fingerprint density at radius 1 is 1.58 bits per heavy atom. The fraction of sp³-hybridized carbons (Fsp3) is 0.500. The molecular weight excluding hydrogens is 240 g/mol. The minimum Gasteiger partial charge on any atom is -0.337 e. The van der Waals surface area contributed by atoms with E-state index in [9.17, 15) is 4.79 Å². The highest BCUT2D eigenvalue weighted by atomic mass is 16.2. The van der Waals surface area contributed by atoms with Crippen LogP contribution in [-0.2, 0) is 11.3 Å². The lowest BCUT2D eigenvalue weighted by atomic mass is 10.1. The van der Waals surface area contributed by atoms with Crippen LogP contribution in [0.15, 0.2) is 24.5 Å². The van der Waals surface area contributed by atoms with E-state index in [2.05, 4.69) is 11.1 Å². The van der Waals surface area contributed by atoms with Crippen LogP contribution in [0.4, 0.5) is 0 Å². The second-order valence-corrected chi connectivity index (χ2v) is 4.98. The van der Waals surface area contributed by atoms with Gasteiger partial charge in [0.05, 0.1) is 17.9 Å². The van der Waals surface area contributed by atoms with E-state index in [1.54, 1.807) is 17.3 Å². The first kappa shape index (κ1) is 13.5. The number of aromatic nitrogens is 1. The summed E-state index contributed by atoms with van der Waals surface area (Å²) < 4.78 is 0. The Labute approximate surface area is 113 Å². The monoisotopic (exact) mass is 258 g/mol. The third-order valence-electron chi connectivity index (χ3n) is 3.57. The van der Waals surface area contributed by atoms with Crippen molar-refractivity contribution in [1.29, 1.82) is 5.26 Å². The molecule has 1 aromatic heterocycles. The zero-order valence-electron chi connectivity index (χ0n) is 10.9. The SMILES string of the molecule is N#CCCN(Cc1cccnc1)C(=O)C1(CN)CC1. The first-order valence-corrected chi connectivity index (χ1v) is 6.47. The zero-order chi connectivity index (χ0) is 13.7. The predicted octanol–water partition coefficient (Wildman–Crippen LogP) is 1.06. The van der Waals surface area contributed by atoms with Crippen molar-refractivity contribution in [2.24, 2.45) is 11.1 Å². The van der Waals surface area contributed by atoms with Crippen LogP contribution in [0.5, 0.6) is 0 Å². The summed E-state index contributed by atoms with van der Waals surface area (Å²) in [6.45, 7) is 1.34. The van der Waals surface area contributed by atoms with E-state index in [0.717, 1.165) is 18.4 Å². The molecule has 1 amide bonds. The number of nitrogens with two attached hydrogens (primary N) is 1. The fourth-order valence-electron chi connectivity index (χ4n) is 2.14. The van der Waals surface area contributed by atoms with Crippen LogP contribution in [-0.4, -0.2) is 28.9 Å². The van der Waals surface area contributed by atoms with Crippen molar-refractivity contribution in [2.75, 3.05) is 13.1 Å². The van der Waals surface area contributed by atoms with Crippen molar-refractivity contribution in [2.45, 2.75) is 25.8 Å². The summed E-state index contributed by atoms with van der Waals surface area (Å²) in [4.78, 5) is 18.3. The van der Waals surface area contributed by atoms with Gasteiger partial charge in [-0.1, -0.05) is 6.07 Å². The van der Waals surface area contributed by atoms with E-state index in [1.807, 2.05) is 12.1 Å². The van der Waals surface area contributed by atoms with Gasteiger partial charge in [0.15, 0.2) is 0 Å². The molecule has 1 saturated carbocycles. The van der Waals surface area contributed by atoms with Gasteiger partial charge in [-0.2, -0.15) is 5.26 Å². The second kappa shape index (κ2) is 5.81. The van der Waals surface area contributed by atoms with E-state index < -0.39 is 0 Å². The maximum absolute atomic E-state index is 12.5. The predicted molar refractivity (Wildman–Crippen MR) is 70.6 cm³/mol. The average Bonchev–Trinajstić information content (AvgIpc) is 3.25. The van der Waals surface area contributed by atoms with Crippen LogP contribution in [0, 0.1) is 16.7 Å². The van der Waals surface area contributed by atoms with Crippen LogP contribution < -0.4 is 5.73 Å². The average molecular weight is 258 g/mol. The number of carbonyl (C=O) groups excluding carboxylic acids is 1. The molecule has 1 fully saturated rings. The number of pyridine rings is 1. The summed E-state index contributed by atoms with van der Waals surface area (Å²) in [6.07, 6.45) is 5.51. The molecule has 5 nitrogen and oxygen atoms in total. The van der Waals surface area contributed by atoms with Gasteiger partial charge in [0.1, 0.15) is 0 Å². The highest BCUT2D eigenvalue weighted by Gasteiger charge is 2.50. The Hall–Kier alpha value is -1.93. The lowest BCUT2D eigenvalue weighted by Crippen LogP contribution is -2.40. The van der Waals surface area contributed by atoms with Crippen LogP contribution in [0.2, 0.25) is 0 Å². The summed E-state index contributed by atoms with van der Waals surface area (Å²) in [5.74, 6) is 0.0779. The summed E-state index contributed by atoms with van der Waals surface area (Å²) in [5, 5.41) is 8.71. The van der Waals surface area contributed by atoms with Gasteiger partial charge in [0.2, 0.25) is 5.91 Å². The van der Waals surface area contributed by atoms with Gasteiger partial charge >= 0.3 is 0 Å². The first-order chi connectivity index (χ1) is 9.22. The van der Waals surface area contributed by atoms with Crippen LogP contribution in [0.25, 0.3) is 0 Å². The Morgan fingerprint density at radius 2 is 2.37 bits per heavy atom. The molecule has 0 saturated heterocycles. The van der Waals surface area contributed by atoms with E-state index >= 15 is 0 Å². The van der Waals surface area contributed by atoms with Gasteiger partial charge in [0.25, 0.3) is 0 Å². The maximum atomic E-state index is 12.5. The van der Waals surface area contributed by atoms with Crippen molar-refractivity contribution in [3.63, 3.8) is 0 Å². The molecule has 0 bridgehead atoms. The first-order valence-electron chi connectivity index (χ1n) is 6.47.